The number of hydrogen-bond donors (Lipinski definition) is 1. The van der Waals surface area contributed by atoms with Gasteiger partial charge in [0.15, 0.2) is 0 Å². The molecular weight excluding hydrogens is 248 g/mol. The summed E-state index contributed by atoms with van der Waals surface area (Å²) in [7, 11) is 0. The average molecular weight is 272 g/mol. The van der Waals surface area contributed by atoms with Crippen LogP contribution in [0.25, 0.3) is 11.0 Å². The molecule has 108 valence electrons. The van der Waals surface area contributed by atoms with Crippen LogP contribution in [-0.2, 0) is 6.54 Å². The first-order chi connectivity index (χ1) is 9.76. The molecule has 0 spiro atoms. The highest BCUT2D eigenvalue weighted by molar-refractivity contribution is 5.77. The van der Waals surface area contributed by atoms with Crippen molar-refractivity contribution >= 4 is 11.0 Å². The van der Waals surface area contributed by atoms with Crippen molar-refractivity contribution in [2.45, 2.75) is 51.2 Å². The molecule has 1 fully saturated rings. The Bertz CT molecular complexity index is 522. The Kier molecular flexibility index (Phi) is 4.08. The van der Waals surface area contributed by atoms with E-state index in [2.05, 4.69) is 30.0 Å². The van der Waals surface area contributed by atoms with Crippen molar-refractivity contribution in [1.29, 1.82) is 0 Å². The topological polar surface area (TPSA) is 42.4 Å². The Hall–Kier alpha value is -1.32. The molecule has 0 atom stereocenters. The lowest BCUT2D eigenvalue weighted by molar-refractivity contribution is 0.140. The smallest absolute Gasteiger partial charge is 0.134 e. The summed E-state index contributed by atoms with van der Waals surface area (Å²) in [6.07, 6.45) is 4.74. The molecule has 1 aliphatic carbocycles. The van der Waals surface area contributed by atoms with Crippen molar-refractivity contribution in [3.8, 4) is 0 Å². The van der Waals surface area contributed by atoms with Gasteiger partial charge in [-0.1, -0.05) is 25.1 Å². The third kappa shape index (κ3) is 2.89. The van der Waals surface area contributed by atoms with Gasteiger partial charge in [-0.3, -0.25) is 4.90 Å². The standard InChI is InChI=1S/C17H24N2O/c1-2-19(15-9-7-14(18)8-10-15)12-16-11-13-5-3-4-6-17(13)20-16/h3-6,11,14-15H,2,7-10,12,18H2,1H3. The molecule has 0 saturated heterocycles. The molecule has 0 bridgehead atoms. The molecule has 1 heterocycles. The molecular formula is C17H24N2O. The molecule has 1 aliphatic rings. The van der Waals surface area contributed by atoms with Crippen molar-refractivity contribution < 1.29 is 4.42 Å². The molecule has 0 radical (unpaired) electrons. The van der Waals surface area contributed by atoms with Gasteiger partial charge in [-0.05, 0) is 44.4 Å². The van der Waals surface area contributed by atoms with Gasteiger partial charge in [-0.2, -0.15) is 0 Å². The summed E-state index contributed by atoms with van der Waals surface area (Å²) in [6.45, 7) is 4.21. The van der Waals surface area contributed by atoms with E-state index in [0.29, 0.717) is 12.1 Å². The Morgan fingerprint density at radius 2 is 1.95 bits per heavy atom. The number of nitrogens with zero attached hydrogens (tertiary/aromatic N) is 1. The molecule has 2 N–H and O–H groups in total. The first kappa shape index (κ1) is 13.7. The van der Waals surface area contributed by atoms with E-state index in [9.17, 15) is 0 Å². The first-order valence-corrected chi connectivity index (χ1v) is 7.73. The van der Waals surface area contributed by atoms with E-state index in [1.807, 2.05) is 12.1 Å². The normalized spacial score (nSPS) is 23.6. The van der Waals surface area contributed by atoms with Crippen LogP contribution in [0.2, 0.25) is 0 Å². The molecule has 2 aromatic rings. The molecule has 0 unspecified atom stereocenters. The maximum absolute atomic E-state index is 6.01. The summed E-state index contributed by atoms with van der Waals surface area (Å²) in [6, 6.07) is 11.5. The number of furan rings is 1. The number of rotatable bonds is 4. The Labute approximate surface area is 120 Å². The zero-order chi connectivity index (χ0) is 13.9. The van der Waals surface area contributed by atoms with E-state index in [0.717, 1.165) is 37.3 Å². The van der Waals surface area contributed by atoms with Gasteiger partial charge in [0, 0.05) is 17.5 Å². The Morgan fingerprint density at radius 3 is 2.65 bits per heavy atom. The van der Waals surface area contributed by atoms with Crippen molar-refractivity contribution in [1.82, 2.24) is 4.90 Å². The lowest BCUT2D eigenvalue weighted by Crippen LogP contribution is -2.40. The van der Waals surface area contributed by atoms with E-state index in [4.69, 9.17) is 10.2 Å². The van der Waals surface area contributed by atoms with Gasteiger partial charge in [0.25, 0.3) is 0 Å². The Morgan fingerprint density at radius 1 is 1.20 bits per heavy atom. The van der Waals surface area contributed by atoms with Crippen LogP contribution >= 0.6 is 0 Å². The van der Waals surface area contributed by atoms with Crippen LogP contribution in [0.5, 0.6) is 0 Å². The quantitative estimate of drug-likeness (QED) is 0.926. The van der Waals surface area contributed by atoms with E-state index >= 15 is 0 Å². The zero-order valence-electron chi connectivity index (χ0n) is 12.2. The van der Waals surface area contributed by atoms with Crippen LogP contribution in [0.4, 0.5) is 0 Å². The molecule has 1 saturated carbocycles. The lowest BCUT2D eigenvalue weighted by atomic mass is 9.90. The number of benzene rings is 1. The maximum Gasteiger partial charge on any atom is 0.134 e. The van der Waals surface area contributed by atoms with Gasteiger partial charge in [-0.15, -0.1) is 0 Å². The predicted molar refractivity (Wildman–Crippen MR) is 82.5 cm³/mol. The van der Waals surface area contributed by atoms with Crippen LogP contribution in [0.1, 0.15) is 38.4 Å². The zero-order valence-corrected chi connectivity index (χ0v) is 12.2. The number of para-hydroxylation sites is 1. The van der Waals surface area contributed by atoms with Gasteiger partial charge in [0.2, 0.25) is 0 Å². The van der Waals surface area contributed by atoms with Crippen LogP contribution in [-0.4, -0.2) is 23.5 Å². The fourth-order valence-corrected chi connectivity index (χ4v) is 3.28. The summed E-state index contributed by atoms with van der Waals surface area (Å²) >= 11 is 0. The fraction of sp³-hybridized carbons (Fsp3) is 0.529. The minimum absolute atomic E-state index is 0.413. The summed E-state index contributed by atoms with van der Waals surface area (Å²) in [5.74, 6) is 1.07. The maximum atomic E-state index is 6.01. The highest BCUT2D eigenvalue weighted by atomic mass is 16.3. The number of nitrogens with two attached hydrogens (primary N) is 1. The van der Waals surface area contributed by atoms with Crippen LogP contribution in [0.15, 0.2) is 34.7 Å². The van der Waals surface area contributed by atoms with Crippen molar-refractivity contribution in [3.63, 3.8) is 0 Å². The molecule has 3 heteroatoms. The second-order valence-corrected chi connectivity index (χ2v) is 5.88. The molecule has 1 aromatic heterocycles. The van der Waals surface area contributed by atoms with Gasteiger partial charge in [-0.25, -0.2) is 0 Å². The van der Waals surface area contributed by atoms with Crippen LogP contribution in [0.3, 0.4) is 0 Å². The third-order valence-corrected chi connectivity index (χ3v) is 4.50. The summed E-state index contributed by atoms with van der Waals surface area (Å²) in [4.78, 5) is 2.53. The minimum Gasteiger partial charge on any atom is -0.460 e. The lowest BCUT2D eigenvalue weighted by Gasteiger charge is -2.34. The van der Waals surface area contributed by atoms with Crippen LogP contribution < -0.4 is 5.73 Å². The summed E-state index contributed by atoms with van der Waals surface area (Å²) in [5, 5.41) is 1.20. The van der Waals surface area contributed by atoms with Crippen LogP contribution in [0, 0.1) is 0 Å². The summed E-state index contributed by atoms with van der Waals surface area (Å²) in [5.41, 5.74) is 7.00. The molecule has 3 rings (SSSR count). The molecule has 1 aromatic carbocycles. The number of hydrogen-bond acceptors (Lipinski definition) is 3. The van der Waals surface area contributed by atoms with E-state index in [-0.39, 0.29) is 0 Å². The third-order valence-electron chi connectivity index (χ3n) is 4.50. The van der Waals surface area contributed by atoms with Gasteiger partial charge in [0.1, 0.15) is 11.3 Å². The largest absolute Gasteiger partial charge is 0.460 e. The SMILES string of the molecule is CCN(Cc1cc2ccccc2o1)C1CCC(N)CC1. The predicted octanol–water partition coefficient (Wildman–Crippen LogP) is 3.52. The molecule has 0 amide bonds. The number of fused-ring (bicyclic) bond motifs is 1. The molecule has 3 nitrogen and oxygen atoms in total. The van der Waals surface area contributed by atoms with Crippen molar-refractivity contribution in [3.05, 3.63) is 36.1 Å². The summed E-state index contributed by atoms with van der Waals surface area (Å²) < 4.78 is 5.95. The fourth-order valence-electron chi connectivity index (χ4n) is 3.28. The Balaban J connectivity index is 1.70. The van der Waals surface area contributed by atoms with Gasteiger partial charge >= 0.3 is 0 Å². The van der Waals surface area contributed by atoms with Gasteiger partial charge in [0.05, 0.1) is 6.54 Å². The molecule has 20 heavy (non-hydrogen) atoms. The van der Waals surface area contributed by atoms with E-state index in [1.165, 1.54) is 18.2 Å². The van der Waals surface area contributed by atoms with Crippen molar-refractivity contribution in [2.75, 3.05) is 6.54 Å². The monoisotopic (exact) mass is 272 g/mol. The second kappa shape index (κ2) is 5.98. The minimum atomic E-state index is 0.413. The van der Waals surface area contributed by atoms with E-state index < -0.39 is 0 Å². The highest BCUT2D eigenvalue weighted by Crippen LogP contribution is 2.25. The van der Waals surface area contributed by atoms with Gasteiger partial charge < -0.3 is 10.2 Å². The van der Waals surface area contributed by atoms with Crippen molar-refractivity contribution in [2.24, 2.45) is 5.73 Å². The molecule has 0 aliphatic heterocycles. The highest BCUT2D eigenvalue weighted by Gasteiger charge is 2.24. The van der Waals surface area contributed by atoms with E-state index in [1.54, 1.807) is 0 Å². The second-order valence-electron chi connectivity index (χ2n) is 5.88. The average Bonchev–Trinajstić information content (AvgIpc) is 2.88. The first-order valence-electron chi connectivity index (χ1n) is 7.73.